The molecule has 0 spiro atoms. The summed E-state index contributed by atoms with van der Waals surface area (Å²) in [5.41, 5.74) is 13.1. The minimum Gasteiger partial charge on any atom is -0.309 e. The number of rotatable bonds is 4. The summed E-state index contributed by atoms with van der Waals surface area (Å²) < 4.78 is 7.32. The number of fused-ring (bicyclic) bond motifs is 16. The molecule has 3 heterocycles. The second-order valence-corrected chi connectivity index (χ2v) is 16.9. The Labute approximate surface area is 362 Å². The SMILES string of the molecule is c1ccc(-n2c3ccccc3c3cc(-c4ccc5c6ccccc6n(-c6ccc(-n7c8ccccc8c8c9ccccc9c9c%10ccccc%10ccc9c87)cc6)c5c4)ccc32)cc1. The van der Waals surface area contributed by atoms with Gasteiger partial charge in [-0.05, 0) is 111 Å². The van der Waals surface area contributed by atoms with Crippen molar-refractivity contribution in [2.45, 2.75) is 0 Å². The molecule has 63 heavy (non-hydrogen) atoms. The van der Waals surface area contributed by atoms with Crippen LogP contribution in [0.4, 0.5) is 0 Å². The maximum Gasteiger partial charge on any atom is 0.0626 e. The molecule has 0 unspecified atom stereocenters. The predicted molar refractivity (Wildman–Crippen MR) is 267 cm³/mol. The predicted octanol–water partition coefficient (Wildman–Crippen LogP) is 16.1. The van der Waals surface area contributed by atoms with E-state index in [4.69, 9.17) is 0 Å². The van der Waals surface area contributed by atoms with E-state index in [1.165, 1.54) is 115 Å². The monoisotopic (exact) mass is 799 g/mol. The zero-order valence-electron chi connectivity index (χ0n) is 34.2. The normalized spacial score (nSPS) is 12.1. The zero-order valence-corrected chi connectivity index (χ0v) is 34.2. The zero-order chi connectivity index (χ0) is 41.2. The molecular formula is C60H37N3. The van der Waals surface area contributed by atoms with Gasteiger partial charge in [-0.25, -0.2) is 0 Å². The molecule has 0 radical (unpaired) electrons. The molecule has 0 aliphatic carbocycles. The second kappa shape index (κ2) is 13.1. The van der Waals surface area contributed by atoms with Crippen molar-refractivity contribution in [3.63, 3.8) is 0 Å². The average molecular weight is 800 g/mol. The van der Waals surface area contributed by atoms with Gasteiger partial charge in [-0.1, -0.05) is 152 Å². The Morgan fingerprint density at radius 3 is 1.41 bits per heavy atom. The fraction of sp³-hybridized carbons (Fsp3) is 0. The molecule has 0 saturated carbocycles. The number of para-hydroxylation sites is 4. The van der Waals surface area contributed by atoms with E-state index in [-0.39, 0.29) is 0 Å². The number of hydrogen-bond donors (Lipinski definition) is 0. The van der Waals surface area contributed by atoms with Gasteiger partial charge in [0, 0.05) is 54.8 Å². The van der Waals surface area contributed by atoms with Gasteiger partial charge in [-0.3, -0.25) is 0 Å². The molecule has 0 saturated heterocycles. The quantitative estimate of drug-likeness (QED) is 0.158. The molecule has 0 N–H and O–H groups in total. The third-order valence-electron chi connectivity index (χ3n) is 13.6. The van der Waals surface area contributed by atoms with E-state index in [9.17, 15) is 0 Å². The summed E-state index contributed by atoms with van der Waals surface area (Å²) in [6.45, 7) is 0. The Kier molecular flexibility index (Phi) is 7.11. The lowest BCUT2D eigenvalue weighted by Gasteiger charge is -2.15. The maximum atomic E-state index is 2.49. The van der Waals surface area contributed by atoms with Crippen molar-refractivity contribution in [1.29, 1.82) is 0 Å². The first-order valence-electron chi connectivity index (χ1n) is 21.8. The third kappa shape index (κ3) is 4.85. The largest absolute Gasteiger partial charge is 0.309 e. The number of hydrogen-bond acceptors (Lipinski definition) is 0. The highest BCUT2D eigenvalue weighted by Gasteiger charge is 2.21. The van der Waals surface area contributed by atoms with Crippen LogP contribution in [0.15, 0.2) is 224 Å². The molecule has 0 fully saturated rings. The highest BCUT2D eigenvalue weighted by molar-refractivity contribution is 6.36. The van der Waals surface area contributed by atoms with E-state index in [1.54, 1.807) is 0 Å². The molecule has 0 atom stereocenters. The van der Waals surface area contributed by atoms with Gasteiger partial charge in [0.1, 0.15) is 0 Å². The van der Waals surface area contributed by atoms with Gasteiger partial charge in [0.2, 0.25) is 0 Å². The van der Waals surface area contributed by atoms with Gasteiger partial charge in [0.25, 0.3) is 0 Å². The van der Waals surface area contributed by atoms with Gasteiger partial charge < -0.3 is 13.7 Å². The van der Waals surface area contributed by atoms with Gasteiger partial charge in [0.15, 0.2) is 0 Å². The van der Waals surface area contributed by atoms with Gasteiger partial charge >= 0.3 is 0 Å². The first-order valence-corrected chi connectivity index (χ1v) is 21.8. The summed E-state index contributed by atoms with van der Waals surface area (Å²) in [5.74, 6) is 0. The number of benzene rings is 11. The van der Waals surface area contributed by atoms with E-state index in [0.29, 0.717) is 0 Å². The molecule has 0 bridgehead atoms. The summed E-state index contributed by atoms with van der Waals surface area (Å²) in [6.07, 6.45) is 0. The Morgan fingerprint density at radius 1 is 0.222 bits per heavy atom. The molecule has 292 valence electrons. The van der Waals surface area contributed by atoms with E-state index < -0.39 is 0 Å². The van der Waals surface area contributed by atoms with Crippen molar-refractivity contribution in [2.24, 2.45) is 0 Å². The van der Waals surface area contributed by atoms with Crippen LogP contribution >= 0.6 is 0 Å². The van der Waals surface area contributed by atoms with Gasteiger partial charge in [-0.2, -0.15) is 0 Å². The third-order valence-corrected chi connectivity index (χ3v) is 13.6. The molecule has 0 aliphatic heterocycles. The maximum absolute atomic E-state index is 2.49. The van der Waals surface area contributed by atoms with Crippen LogP contribution in [0.2, 0.25) is 0 Å². The van der Waals surface area contributed by atoms with Crippen LogP contribution in [-0.4, -0.2) is 13.7 Å². The summed E-state index contributed by atoms with van der Waals surface area (Å²) in [7, 11) is 0. The van der Waals surface area contributed by atoms with Crippen LogP contribution in [0.3, 0.4) is 0 Å². The minimum absolute atomic E-state index is 1.13. The summed E-state index contributed by atoms with van der Waals surface area (Å²) in [5, 5.41) is 15.2. The van der Waals surface area contributed by atoms with E-state index in [1.807, 2.05) is 0 Å². The lowest BCUT2D eigenvalue weighted by atomic mass is 9.93. The summed E-state index contributed by atoms with van der Waals surface area (Å²) in [6, 6.07) is 82.7. The van der Waals surface area contributed by atoms with Crippen LogP contribution < -0.4 is 0 Å². The van der Waals surface area contributed by atoms with Crippen LogP contribution in [-0.2, 0) is 0 Å². The molecule has 14 rings (SSSR count). The molecular weight excluding hydrogens is 763 g/mol. The Bertz CT molecular complexity index is 4180. The van der Waals surface area contributed by atoms with Crippen molar-refractivity contribution in [2.75, 3.05) is 0 Å². The highest BCUT2D eigenvalue weighted by atomic mass is 15.0. The molecule has 0 aliphatic rings. The minimum atomic E-state index is 1.13. The van der Waals surface area contributed by atoms with Crippen LogP contribution in [0.5, 0.6) is 0 Å². The van der Waals surface area contributed by atoms with E-state index >= 15 is 0 Å². The highest BCUT2D eigenvalue weighted by Crippen LogP contribution is 2.45. The Hall–Kier alpha value is -8.40. The van der Waals surface area contributed by atoms with Crippen LogP contribution in [0.1, 0.15) is 0 Å². The fourth-order valence-electron chi connectivity index (χ4n) is 10.9. The standard InChI is InChI=1S/C60H37N3/c1-2-15-41(16-3-1)61-54-24-12-9-19-46(54)52-36-39(28-35-56(52)61)40-27-33-47-45-18-8-11-23-53(45)62(57(47)37-40)42-29-31-43(32-30-42)63-55-25-13-10-22-50(55)59-49-21-7-6-20-48(49)58-44-17-5-4-14-38(44)26-34-51(58)60(59)63/h1-37H. The van der Waals surface area contributed by atoms with Gasteiger partial charge in [0.05, 0.1) is 33.1 Å². The molecule has 3 aromatic heterocycles. The van der Waals surface area contributed by atoms with Crippen molar-refractivity contribution in [1.82, 2.24) is 13.7 Å². The van der Waals surface area contributed by atoms with Crippen LogP contribution in [0.25, 0.3) is 126 Å². The molecule has 11 aromatic carbocycles. The second-order valence-electron chi connectivity index (χ2n) is 16.9. The lowest BCUT2D eigenvalue weighted by Crippen LogP contribution is -1.98. The fourth-order valence-corrected chi connectivity index (χ4v) is 10.9. The molecule has 3 nitrogen and oxygen atoms in total. The number of nitrogens with zero attached hydrogens (tertiary/aromatic N) is 3. The average Bonchev–Trinajstić information content (AvgIpc) is 4.00. The van der Waals surface area contributed by atoms with E-state index in [0.717, 1.165) is 11.4 Å². The van der Waals surface area contributed by atoms with Crippen molar-refractivity contribution >= 4 is 97.7 Å². The van der Waals surface area contributed by atoms with E-state index in [2.05, 4.69) is 238 Å². The van der Waals surface area contributed by atoms with Crippen LogP contribution in [0, 0.1) is 0 Å². The lowest BCUT2D eigenvalue weighted by molar-refractivity contribution is 1.15. The summed E-state index contributed by atoms with van der Waals surface area (Å²) in [4.78, 5) is 0. The smallest absolute Gasteiger partial charge is 0.0626 e. The van der Waals surface area contributed by atoms with Crippen molar-refractivity contribution in [3.05, 3.63) is 224 Å². The molecule has 3 heteroatoms. The first kappa shape index (κ1) is 34.3. The number of aromatic nitrogens is 3. The van der Waals surface area contributed by atoms with Crippen molar-refractivity contribution in [3.8, 4) is 28.2 Å². The molecule has 0 amide bonds. The first-order chi connectivity index (χ1) is 31.3. The Balaban J connectivity index is 0.965. The molecule has 14 aromatic rings. The summed E-state index contributed by atoms with van der Waals surface area (Å²) >= 11 is 0. The Morgan fingerprint density at radius 2 is 0.683 bits per heavy atom. The van der Waals surface area contributed by atoms with Crippen molar-refractivity contribution < 1.29 is 0 Å². The van der Waals surface area contributed by atoms with Gasteiger partial charge in [-0.15, -0.1) is 0 Å². The topological polar surface area (TPSA) is 14.8 Å².